The SMILES string of the molecule is Cc1cc(C)cc(-c2nc3cc(N=Cc4cc(Cl)cc([N+](=O)[O-])c4O)ccc3o2)c1. The quantitative estimate of drug-likeness (QED) is 0.242. The van der Waals surface area contributed by atoms with Gasteiger partial charge in [0.1, 0.15) is 5.52 Å². The first kappa shape index (κ1) is 19.6. The van der Waals surface area contributed by atoms with Crippen LogP contribution in [0.1, 0.15) is 16.7 Å². The number of aliphatic imine (C=N–C) groups is 1. The molecule has 8 heteroatoms. The maximum absolute atomic E-state index is 11.0. The lowest BCUT2D eigenvalue weighted by Crippen LogP contribution is -1.92. The summed E-state index contributed by atoms with van der Waals surface area (Å²) in [7, 11) is 0. The van der Waals surface area contributed by atoms with E-state index < -0.39 is 16.4 Å². The number of benzene rings is 3. The molecule has 0 bridgehead atoms. The second-order valence-electron chi connectivity index (χ2n) is 6.93. The van der Waals surface area contributed by atoms with Gasteiger partial charge in [0.25, 0.3) is 0 Å². The number of phenols is 1. The second-order valence-corrected chi connectivity index (χ2v) is 7.36. The number of nitrogens with zero attached hydrogens (tertiary/aromatic N) is 3. The number of aryl methyl sites for hydroxylation is 2. The van der Waals surface area contributed by atoms with Crippen molar-refractivity contribution < 1.29 is 14.4 Å². The van der Waals surface area contributed by atoms with Crippen LogP contribution in [0.5, 0.6) is 5.75 Å². The minimum atomic E-state index is -0.700. The van der Waals surface area contributed by atoms with Crippen molar-refractivity contribution in [2.24, 2.45) is 4.99 Å². The van der Waals surface area contributed by atoms with Crippen molar-refractivity contribution in [1.82, 2.24) is 4.98 Å². The highest BCUT2D eigenvalue weighted by atomic mass is 35.5. The van der Waals surface area contributed by atoms with E-state index in [1.54, 1.807) is 18.2 Å². The largest absolute Gasteiger partial charge is 0.502 e. The van der Waals surface area contributed by atoms with Crippen LogP contribution in [0.25, 0.3) is 22.6 Å². The van der Waals surface area contributed by atoms with Gasteiger partial charge in [-0.25, -0.2) is 4.98 Å². The molecule has 0 atom stereocenters. The molecule has 0 saturated heterocycles. The zero-order valence-corrected chi connectivity index (χ0v) is 16.8. The molecule has 0 spiro atoms. The molecule has 0 amide bonds. The summed E-state index contributed by atoms with van der Waals surface area (Å²) in [6.07, 6.45) is 1.32. The van der Waals surface area contributed by atoms with E-state index in [0.717, 1.165) is 22.8 Å². The van der Waals surface area contributed by atoms with Crippen LogP contribution in [-0.4, -0.2) is 21.2 Å². The van der Waals surface area contributed by atoms with Crippen molar-refractivity contribution in [2.75, 3.05) is 0 Å². The number of aromatic hydroxyl groups is 1. The summed E-state index contributed by atoms with van der Waals surface area (Å²) in [5.74, 6) is 0.0220. The topological polar surface area (TPSA) is 102 Å². The first-order valence-electron chi connectivity index (χ1n) is 9.00. The zero-order chi connectivity index (χ0) is 21.4. The van der Waals surface area contributed by atoms with Gasteiger partial charge in [0.05, 0.1) is 10.6 Å². The highest BCUT2D eigenvalue weighted by Crippen LogP contribution is 2.33. The summed E-state index contributed by atoms with van der Waals surface area (Å²) in [6.45, 7) is 4.03. The van der Waals surface area contributed by atoms with Gasteiger partial charge in [-0.2, -0.15) is 0 Å². The normalized spacial score (nSPS) is 11.4. The first-order chi connectivity index (χ1) is 14.3. The smallest absolute Gasteiger partial charge is 0.312 e. The molecular weight excluding hydrogens is 406 g/mol. The maximum Gasteiger partial charge on any atom is 0.312 e. The van der Waals surface area contributed by atoms with Gasteiger partial charge in [0.15, 0.2) is 5.58 Å². The summed E-state index contributed by atoms with van der Waals surface area (Å²) in [5, 5.41) is 21.3. The highest BCUT2D eigenvalue weighted by molar-refractivity contribution is 6.31. The van der Waals surface area contributed by atoms with E-state index in [9.17, 15) is 15.2 Å². The minimum Gasteiger partial charge on any atom is -0.502 e. The molecule has 0 aliphatic carbocycles. The van der Waals surface area contributed by atoms with Crippen molar-refractivity contribution >= 4 is 40.3 Å². The van der Waals surface area contributed by atoms with Gasteiger partial charge in [-0.3, -0.25) is 15.1 Å². The number of rotatable bonds is 4. The Morgan fingerprint density at radius 3 is 2.57 bits per heavy atom. The standard InChI is InChI=1S/C22H16ClN3O4/c1-12-5-13(2)7-14(6-12)22-25-18-10-17(3-4-20(18)30-22)24-11-15-8-16(23)9-19(21(15)27)26(28)29/h3-11,27H,1-2H3. The Labute approximate surface area is 176 Å². The van der Waals surface area contributed by atoms with Gasteiger partial charge in [-0.15, -0.1) is 0 Å². The van der Waals surface area contributed by atoms with Crippen molar-refractivity contribution in [2.45, 2.75) is 13.8 Å². The number of halogens is 1. The maximum atomic E-state index is 11.0. The number of phenolic OH excluding ortho intramolecular Hbond substituents is 1. The third kappa shape index (κ3) is 3.88. The number of fused-ring (bicyclic) bond motifs is 1. The molecule has 4 rings (SSSR count). The van der Waals surface area contributed by atoms with Crippen LogP contribution in [0, 0.1) is 24.0 Å². The second kappa shape index (κ2) is 7.61. The van der Waals surface area contributed by atoms with Gasteiger partial charge in [0.2, 0.25) is 11.6 Å². The number of hydrogen-bond acceptors (Lipinski definition) is 6. The lowest BCUT2D eigenvalue weighted by Gasteiger charge is -2.01. The van der Waals surface area contributed by atoms with Gasteiger partial charge in [-0.05, 0) is 50.2 Å². The molecule has 0 fully saturated rings. The van der Waals surface area contributed by atoms with Gasteiger partial charge in [-0.1, -0.05) is 28.8 Å². The lowest BCUT2D eigenvalue weighted by atomic mass is 10.1. The van der Waals surface area contributed by atoms with E-state index in [0.29, 0.717) is 22.7 Å². The molecule has 0 saturated carbocycles. The van der Waals surface area contributed by atoms with E-state index >= 15 is 0 Å². The van der Waals surface area contributed by atoms with E-state index in [-0.39, 0.29) is 10.6 Å². The molecule has 1 aromatic heterocycles. The van der Waals surface area contributed by atoms with Gasteiger partial charge in [0, 0.05) is 28.4 Å². The Morgan fingerprint density at radius 2 is 1.87 bits per heavy atom. The molecule has 1 heterocycles. The fourth-order valence-corrected chi connectivity index (χ4v) is 3.43. The molecule has 3 aromatic carbocycles. The number of oxazole rings is 1. The Morgan fingerprint density at radius 1 is 1.13 bits per heavy atom. The molecule has 30 heavy (non-hydrogen) atoms. The molecular formula is C22H16ClN3O4. The summed E-state index contributed by atoms with van der Waals surface area (Å²) in [5.41, 5.74) is 4.58. The predicted octanol–water partition coefficient (Wildman–Crippen LogP) is 6.13. The monoisotopic (exact) mass is 421 g/mol. The molecule has 7 nitrogen and oxygen atoms in total. The minimum absolute atomic E-state index is 0.131. The van der Waals surface area contributed by atoms with Crippen LogP contribution in [0.3, 0.4) is 0 Å². The number of nitro benzene ring substituents is 1. The Bertz CT molecular complexity index is 1310. The van der Waals surface area contributed by atoms with Gasteiger partial charge >= 0.3 is 5.69 Å². The number of nitro groups is 1. The van der Waals surface area contributed by atoms with E-state index in [1.165, 1.54) is 12.3 Å². The number of aromatic nitrogens is 1. The molecule has 0 unspecified atom stereocenters. The molecule has 0 aliphatic heterocycles. The number of hydrogen-bond donors (Lipinski definition) is 1. The van der Waals surface area contributed by atoms with Crippen molar-refractivity contribution in [3.05, 3.63) is 80.4 Å². The third-order valence-corrected chi connectivity index (χ3v) is 4.69. The summed E-state index contributed by atoms with van der Waals surface area (Å²) < 4.78 is 5.86. The lowest BCUT2D eigenvalue weighted by molar-refractivity contribution is -0.385. The van der Waals surface area contributed by atoms with Crippen molar-refractivity contribution in [3.63, 3.8) is 0 Å². The van der Waals surface area contributed by atoms with Crippen LogP contribution in [-0.2, 0) is 0 Å². The van der Waals surface area contributed by atoms with E-state index in [2.05, 4.69) is 16.0 Å². The highest BCUT2D eigenvalue weighted by Gasteiger charge is 2.17. The molecule has 1 N–H and O–H groups in total. The van der Waals surface area contributed by atoms with Crippen molar-refractivity contribution in [3.8, 4) is 17.2 Å². The fourth-order valence-electron chi connectivity index (χ4n) is 3.20. The summed E-state index contributed by atoms with van der Waals surface area (Å²) >= 11 is 5.91. The average Bonchev–Trinajstić information content (AvgIpc) is 3.11. The fraction of sp³-hybridized carbons (Fsp3) is 0.0909. The molecule has 0 aliphatic rings. The zero-order valence-electron chi connectivity index (χ0n) is 16.1. The molecule has 0 radical (unpaired) electrons. The third-order valence-electron chi connectivity index (χ3n) is 4.47. The van der Waals surface area contributed by atoms with Crippen LogP contribution in [0.4, 0.5) is 11.4 Å². The van der Waals surface area contributed by atoms with Crippen molar-refractivity contribution in [1.29, 1.82) is 0 Å². The van der Waals surface area contributed by atoms with Crippen LogP contribution in [0.15, 0.2) is 57.9 Å². The molecule has 4 aromatic rings. The van der Waals surface area contributed by atoms with Crippen LogP contribution >= 0.6 is 11.6 Å². The van der Waals surface area contributed by atoms with Gasteiger partial charge < -0.3 is 9.52 Å². The predicted molar refractivity (Wildman–Crippen MR) is 116 cm³/mol. The Balaban J connectivity index is 1.69. The summed E-state index contributed by atoms with van der Waals surface area (Å²) in [6, 6.07) is 13.8. The van der Waals surface area contributed by atoms with E-state index in [1.807, 2.05) is 26.0 Å². The first-order valence-corrected chi connectivity index (χ1v) is 9.38. The summed E-state index contributed by atoms with van der Waals surface area (Å²) in [4.78, 5) is 19.2. The van der Waals surface area contributed by atoms with Crippen LogP contribution in [0.2, 0.25) is 5.02 Å². The average molecular weight is 422 g/mol. The Kier molecular flexibility index (Phi) is 4.97. The Hall–Kier alpha value is -3.71. The molecule has 150 valence electrons. The van der Waals surface area contributed by atoms with E-state index in [4.69, 9.17) is 16.0 Å². The van der Waals surface area contributed by atoms with Crippen LogP contribution < -0.4 is 0 Å².